The van der Waals surface area contributed by atoms with Crippen LogP contribution in [0.5, 0.6) is 0 Å². The van der Waals surface area contributed by atoms with E-state index < -0.39 is 11.6 Å². The van der Waals surface area contributed by atoms with Crippen molar-refractivity contribution in [3.05, 3.63) is 69.8 Å². The van der Waals surface area contributed by atoms with Crippen LogP contribution in [0, 0.1) is 0 Å². The maximum Gasteiger partial charge on any atom is 0.402 e. The van der Waals surface area contributed by atoms with Crippen molar-refractivity contribution in [2.75, 3.05) is 0 Å². The van der Waals surface area contributed by atoms with Gasteiger partial charge in [0.25, 0.3) is 0 Å². The van der Waals surface area contributed by atoms with E-state index in [2.05, 4.69) is 83.1 Å². The maximum absolute atomic E-state index is 15.0. The second kappa shape index (κ2) is 8.42. The summed E-state index contributed by atoms with van der Waals surface area (Å²) in [6.45, 7) is 26.4. The van der Waals surface area contributed by atoms with Crippen molar-refractivity contribution in [2.45, 2.75) is 123 Å². The summed E-state index contributed by atoms with van der Waals surface area (Å²) in [4.78, 5) is 0. The Balaban J connectivity index is 2.94. The molecular weight excluding hydrogens is 429 g/mol. The third-order valence-corrected chi connectivity index (χ3v) is 6.99. The summed E-state index contributed by atoms with van der Waals surface area (Å²) in [6.07, 6.45) is -4.45. The van der Waals surface area contributed by atoms with Gasteiger partial charge in [0, 0.05) is 0 Å². The predicted molar refractivity (Wildman–Crippen MR) is 140 cm³/mol. The minimum Gasteiger partial charge on any atom is -0.170 e. The van der Waals surface area contributed by atoms with Gasteiger partial charge in [0.05, 0.1) is 0 Å². The van der Waals surface area contributed by atoms with Crippen molar-refractivity contribution in [1.82, 2.24) is 0 Å². The molecule has 2 rings (SSSR count). The molecule has 2 aromatic rings. The molecule has 0 N–H and O–H groups in total. The first-order chi connectivity index (χ1) is 14.9. The molecule has 0 aliphatic heterocycles. The molecule has 0 saturated carbocycles. The molecule has 0 spiro atoms. The lowest BCUT2D eigenvalue weighted by Gasteiger charge is -2.38. The number of rotatable bonds is 2. The van der Waals surface area contributed by atoms with Gasteiger partial charge in [-0.25, -0.2) is 0 Å². The first-order valence-electron chi connectivity index (χ1n) is 12.3. The van der Waals surface area contributed by atoms with E-state index >= 15 is 13.2 Å². The number of hydrogen-bond acceptors (Lipinski definition) is 0. The van der Waals surface area contributed by atoms with Crippen LogP contribution in [0.1, 0.15) is 123 Å². The monoisotopic (exact) mass is 474 g/mol. The molecule has 190 valence electrons. The van der Waals surface area contributed by atoms with Crippen LogP contribution < -0.4 is 0 Å². The fraction of sp³-hybridized carbons (Fsp3) is 0.613. The zero-order valence-electron chi connectivity index (χ0n) is 23.6. The van der Waals surface area contributed by atoms with Crippen LogP contribution in [0.15, 0.2) is 36.4 Å². The first kappa shape index (κ1) is 28.5. The van der Waals surface area contributed by atoms with Gasteiger partial charge in [0.15, 0.2) is 0 Å². The molecule has 0 amide bonds. The van der Waals surface area contributed by atoms with E-state index in [1.54, 1.807) is 12.1 Å². The van der Waals surface area contributed by atoms with E-state index in [4.69, 9.17) is 0 Å². The van der Waals surface area contributed by atoms with E-state index in [9.17, 15) is 0 Å². The molecular formula is C31H45F3. The van der Waals surface area contributed by atoms with Gasteiger partial charge in [0.1, 0.15) is 5.41 Å². The normalized spacial score (nSPS) is 14.5. The first-order valence-corrected chi connectivity index (χ1v) is 12.3. The zero-order valence-corrected chi connectivity index (χ0v) is 23.6. The second-order valence-electron chi connectivity index (χ2n) is 14.1. The molecule has 34 heavy (non-hydrogen) atoms. The van der Waals surface area contributed by atoms with Gasteiger partial charge >= 0.3 is 6.18 Å². The summed E-state index contributed by atoms with van der Waals surface area (Å²) >= 11 is 0. The van der Waals surface area contributed by atoms with Crippen LogP contribution in [0.4, 0.5) is 13.2 Å². The Kier molecular flexibility index (Phi) is 7.05. The van der Waals surface area contributed by atoms with E-state index in [1.165, 1.54) is 6.92 Å². The van der Waals surface area contributed by atoms with Crippen LogP contribution in [0.25, 0.3) is 0 Å². The van der Waals surface area contributed by atoms with Gasteiger partial charge in [0.2, 0.25) is 0 Å². The lowest BCUT2D eigenvalue weighted by molar-refractivity contribution is -0.173. The van der Waals surface area contributed by atoms with Gasteiger partial charge < -0.3 is 0 Å². The molecule has 0 aromatic heterocycles. The van der Waals surface area contributed by atoms with E-state index in [1.807, 2.05) is 24.3 Å². The fourth-order valence-electron chi connectivity index (χ4n) is 4.75. The Morgan fingerprint density at radius 3 is 0.882 bits per heavy atom. The molecule has 0 aliphatic rings. The highest BCUT2D eigenvalue weighted by Crippen LogP contribution is 2.49. The average Bonchev–Trinajstić information content (AvgIpc) is 2.62. The summed E-state index contributed by atoms with van der Waals surface area (Å²) < 4.78 is 45.0. The number of benzene rings is 2. The lowest BCUT2D eigenvalue weighted by Crippen LogP contribution is -2.41. The molecule has 3 heteroatoms. The average molecular weight is 475 g/mol. The smallest absolute Gasteiger partial charge is 0.170 e. The summed E-state index contributed by atoms with van der Waals surface area (Å²) in [5.41, 5.74) is 1.69. The highest BCUT2D eigenvalue weighted by molar-refractivity contribution is 5.51. The van der Waals surface area contributed by atoms with Crippen LogP contribution in [0.2, 0.25) is 0 Å². The van der Waals surface area contributed by atoms with Crippen LogP contribution >= 0.6 is 0 Å². The molecule has 0 atom stereocenters. The molecule has 0 bridgehead atoms. The molecule has 2 aromatic carbocycles. The van der Waals surface area contributed by atoms with Crippen molar-refractivity contribution in [1.29, 1.82) is 0 Å². The summed E-state index contributed by atoms with van der Waals surface area (Å²) in [5.74, 6) is 0. The largest absolute Gasteiger partial charge is 0.402 e. The summed E-state index contributed by atoms with van der Waals surface area (Å²) in [7, 11) is 0. The molecule has 0 saturated heterocycles. The van der Waals surface area contributed by atoms with E-state index in [0.29, 0.717) is 11.1 Å². The number of alkyl halides is 3. The van der Waals surface area contributed by atoms with Gasteiger partial charge in [-0.05, 0) is 62.0 Å². The third kappa shape index (κ3) is 5.39. The zero-order chi connectivity index (χ0) is 26.7. The molecule has 0 radical (unpaired) electrons. The van der Waals surface area contributed by atoms with Crippen molar-refractivity contribution in [3.8, 4) is 0 Å². The Labute approximate surface area is 206 Å². The summed E-state index contributed by atoms with van der Waals surface area (Å²) in [5, 5.41) is 0. The quantitative estimate of drug-likeness (QED) is 0.406. The molecule has 0 aliphatic carbocycles. The van der Waals surface area contributed by atoms with E-state index in [-0.39, 0.29) is 21.7 Å². The van der Waals surface area contributed by atoms with Crippen LogP contribution in [0.3, 0.4) is 0 Å². The standard InChI is InChI=1S/C31H45F3/c1-26(2,3)22-16-14-20(18-24(22)28(7,8)9)30(13,31(32,33)34)21-15-17-23(27(4,5)6)25(19-21)29(10,11)12/h14-19H,1-13H3. The molecule has 0 nitrogen and oxygen atoms in total. The van der Waals surface area contributed by atoms with Gasteiger partial charge in [-0.2, -0.15) is 13.2 Å². The van der Waals surface area contributed by atoms with Crippen molar-refractivity contribution < 1.29 is 13.2 Å². The van der Waals surface area contributed by atoms with Gasteiger partial charge in [-0.1, -0.05) is 119 Å². The lowest BCUT2D eigenvalue weighted by atomic mass is 9.68. The Bertz CT molecular complexity index is 951. The topological polar surface area (TPSA) is 0 Å². The van der Waals surface area contributed by atoms with Crippen LogP contribution in [-0.2, 0) is 27.1 Å². The van der Waals surface area contributed by atoms with Crippen molar-refractivity contribution in [2.24, 2.45) is 0 Å². The second-order valence-corrected chi connectivity index (χ2v) is 14.1. The fourth-order valence-corrected chi connectivity index (χ4v) is 4.75. The summed E-state index contributed by atoms with van der Waals surface area (Å²) in [6, 6.07) is 10.8. The highest BCUT2D eigenvalue weighted by Gasteiger charge is 2.54. The Morgan fingerprint density at radius 2 is 0.676 bits per heavy atom. The predicted octanol–water partition coefficient (Wildman–Crippen LogP) is 9.74. The molecule has 0 unspecified atom stereocenters. The Hall–Kier alpha value is -1.77. The SMILES string of the molecule is CC(C)(C)c1ccc(C(C)(c2ccc(C(C)(C)C)c(C(C)(C)C)c2)C(F)(F)F)cc1C(C)(C)C. The highest BCUT2D eigenvalue weighted by atomic mass is 19.4. The number of hydrogen-bond donors (Lipinski definition) is 0. The van der Waals surface area contributed by atoms with Gasteiger partial charge in [-0.3, -0.25) is 0 Å². The molecule has 0 fully saturated rings. The Morgan fingerprint density at radius 1 is 0.412 bits per heavy atom. The van der Waals surface area contributed by atoms with Crippen molar-refractivity contribution >= 4 is 0 Å². The third-order valence-electron chi connectivity index (χ3n) is 6.99. The minimum atomic E-state index is -4.45. The van der Waals surface area contributed by atoms with Gasteiger partial charge in [-0.15, -0.1) is 0 Å². The van der Waals surface area contributed by atoms with E-state index in [0.717, 1.165) is 22.3 Å². The van der Waals surface area contributed by atoms with Crippen molar-refractivity contribution in [3.63, 3.8) is 0 Å². The maximum atomic E-state index is 15.0. The minimum absolute atomic E-state index is 0.163. The molecule has 0 heterocycles. The number of halogens is 3. The van der Waals surface area contributed by atoms with Crippen LogP contribution in [-0.4, -0.2) is 6.18 Å².